The van der Waals surface area contributed by atoms with E-state index in [9.17, 15) is 0 Å². The van der Waals surface area contributed by atoms with Gasteiger partial charge in [-0.05, 0) is 139 Å². The lowest BCUT2D eigenvalue weighted by atomic mass is 10.1. The Hall–Kier alpha value is -9.30. The summed E-state index contributed by atoms with van der Waals surface area (Å²) in [4.78, 5) is 2.22. The number of hydrogen-bond acceptors (Lipinski definition) is 4. The molecule has 384 valence electrons. The molecule has 6 heteroatoms. The molecule has 0 saturated heterocycles. The first-order chi connectivity index (χ1) is 38.9. The molecule has 79 heavy (non-hydrogen) atoms. The molecule has 2 atom stereocenters. The summed E-state index contributed by atoms with van der Waals surface area (Å²) < 4.78 is 0. The van der Waals surface area contributed by atoms with Gasteiger partial charge in [-0.3, -0.25) is 0 Å². The van der Waals surface area contributed by atoms with E-state index in [0.717, 1.165) is 45.5 Å². The van der Waals surface area contributed by atoms with Crippen LogP contribution in [0, 0.1) is 0 Å². The average Bonchev–Trinajstić information content (AvgIpc) is 3.54. The van der Waals surface area contributed by atoms with E-state index in [1.165, 1.54) is 66.2 Å². The zero-order valence-corrected chi connectivity index (χ0v) is 46.4. The monoisotopic (exact) mass is 1060 g/mol. The standard InChI is InChI=1S/C31H26N2.C30H24N2.C12H12P2/c1-33(29-22-18-27(19-23-29)25-12-6-3-7-13-25)31-15-9-8-14-30(31)32-28-20-16-26(17-21-28)24-10-4-2-5-11-24;1-3-9-23(10-4-1)25-15-19-27(20-16-25)31-29-13-7-8-14-30(29)32-28-21-17-26(18-22-28)24-11-5-2-6-12-24;13-11-5-1-9(2-6-11)10-3-7-12(14)8-4-10/h2-23,32H,1H3;1-22,31-32H;1-8H,13-14H2. The summed E-state index contributed by atoms with van der Waals surface area (Å²) in [6.45, 7) is 0. The van der Waals surface area contributed by atoms with Gasteiger partial charge in [0, 0.05) is 29.8 Å². The van der Waals surface area contributed by atoms with Crippen molar-refractivity contribution in [1.29, 1.82) is 0 Å². The molecule has 4 nitrogen and oxygen atoms in total. The summed E-state index contributed by atoms with van der Waals surface area (Å²) in [6.07, 6.45) is 0. The van der Waals surface area contributed by atoms with E-state index >= 15 is 0 Å². The van der Waals surface area contributed by atoms with Crippen LogP contribution in [0.5, 0.6) is 0 Å². The molecule has 12 rings (SSSR count). The Balaban J connectivity index is 0.000000144. The number of nitrogens with one attached hydrogen (secondary N) is 3. The molecule has 0 spiro atoms. The van der Waals surface area contributed by atoms with Gasteiger partial charge in [0.05, 0.1) is 22.7 Å². The molecule has 0 bridgehead atoms. The van der Waals surface area contributed by atoms with E-state index in [1.807, 2.05) is 36.4 Å². The second-order valence-electron chi connectivity index (χ2n) is 19.0. The lowest BCUT2D eigenvalue weighted by Gasteiger charge is -2.23. The van der Waals surface area contributed by atoms with Crippen LogP contribution in [-0.2, 0) is 0 Å². The summed E-state index contributed by atoms with van der Waals surface area (Å²) in [5, 5.41) is 13.1. The SMILES string of the molecule is CN(c1ccc(-c2ccccc2)cc1)c1ccccc1Nc1ccc(-c2ccccc2)cc1.Pc1ccc(-c2ccc(P)cc2)cc1.c1ccc(-c2ccc(Nc3ccccc3Nc3ccc(-c4ccccc4)cc3)cc2)cc1. The van der Waals surface area contributed by atoms with Gasteiger partial charge in [-0.1, -0.05) is 243 Å². The molecule has 12 aromatic rings. The first-order valence-electron chi connectivity index (χ1n) is 26.4. The summed E-state index contributed by atoms with van der Waals surface area (Å²) in [5.41, 5.74) is 20.9. The number of benzene rings is 12. The lowest BCUT2D eigenvalue weighted by Crippen LogP contribution is -2.11. The van der Waals surface area contributed by atoms with Gasteiger partial charge in [-0.2, -0.15) is 0 Å². The molecular weight excluding hydrogens is 995 g/mol. The van der Waals surface area contributed by atoms with Crippen molar-refractivity contribution in [1.82, 2.24) is 0 Å². The highest BCUT2D eigenvalue weighted by atomic mass is 31.0. The molecule has 0 radical (unpaired) electrons. The number of nitrogens with zero attached hydrogens (tertiary/aromatic N) is 1. The van der Waals surface area contributed by atoms with Crippen LogP contribution >= 0.6 is 18.5 Å². The molecule has 0 heterocycles. The van der Waals surface area contributed by atoms with Crippen molar-refractivity contribution >= 4 is 74.6 Å². The molecule has 3 N–H and O–H groups in total. The molecule has 0 aliphatic carbocycles. The van der Waals surface area contributed by atoms with Gasteiger partial charge in [0.25, 0.3) is 0 Å². The van der Waals surface area contributed by atoms with Gasteiger partial charge in [-0.25, -0.2) is 0 Å². The fourth-order valence-electron chi connectivity index (χ4n) is 9.17. The highest BCUT2D eigenvalue weighted by molar-refractivity contribution is 7.27. The zero-order valence-electron chi connectivity index (χ0n) is 44.1. The topological polar surface area (TPSA) is 39.3 Å². The van der Waals surface area contributed by atoms with Crippen molar-refractivity contribution in [3.8, 4) is 55.6 Å². The average molecular weight is 1060 g/mol. The number of anilines is 8. The fourth-order valence-corrected chi connectivity index (χ4v) is 9.55. The largest absolute Gasteiger partial charge is 0.354 e. The Bertz CT molecular complexity index is 3620. The van der Waals surface area contributed by atoms with Crippen molar-refractivity contribution in [3.63, 3.8) is 0 Å². The minimum absolute atomic E-state index is 1.03. The fraction of sp³-hybridized carbons (Fsp3) is 0.0137. The first kappa shape index (κ1) is 53.1. The first-order valence-corrected chi connectivity index (χ1v) is 27.6. The van der Waals surface area contributed by atoms with Gasteiger partial charge >= 0.3 is 0 Å². The molecule has 0 aliphatic heterocycles. The summed E-state index contributed by atoms with van der Waals surface area (Å²) >= 11 is 0. The molecule has 0 aromatic heterocycles. The van der Waals surface area contributed by atoms with E-state index < -0.39 is 0 Å². The van der Waals surface area contributed by atoms with Crippen LogP contribution < -0.4 is 31.5 Å². The van der Waals surface area contributed by atoms with Gasteiger partial charge < -0.3 is 20.9 Å². The molecule has 2 unspecified atom stereocenters. The van der Waals surface area contributed by atoms with Crippen LogP contribution in [0.1, 0.15) is 0 Å². The minimum Gasteiger partial charge on any atom is -0.354 e. The van der Waals surface area contributed by atoms with Crippen LogP contribution in [0.15, 0.2) is 315 Å². The molecule has 0 aliphatic rings. The second-order valence-corrected chi connectivity index (χ2v) is 20.3. The van der Waals surface area contributed by atoms with E-state index in [0.29, 0.717) is 0 Å². The van der Waals surface area contributed by atoms with Crippen molar-refractivity contribution in [3.05, 3.63) is 315 Å². The van der Waals surface area contributed by atoms with E-state index in [4.69, 9.17) is 0 Å². The number of para-hydroxylation sites is 4. The van der Waals surface area contributed by atoms with Crippen molar-refractivity contribution in [2.45, 2.75) is 0 Å². The van der Waals surface area contributed by atoms with E-state index in [-0.39, 0.29) is 0 Å². The lowest BCUT2D eigenvalue weighted by molar-refractivity contribution is 1.21. The smallest absolute Gasteiger partial charge is 0.0647 e. The van der Waals surface area contributed by atoms with Gasteiger partial charge in [0.2, 0.25) is 0 Å². The summed E-state index contributed by atoms with van der Waals surface area (Å²) in [5.74, 6) is 0. The molecule has 0 saturated carbocycles. The Morgan fingerprint density at radius 3 is 0.772 bits per heavy atom. The summed E-state index contributed by atoms with van der Waals surface area (Å²) in [7, 11) is 7.49. The Kier molecular flexibility index (Phi) is 17.9. The zero-order chi connectivity index (χ0) is 54.0. The normalized spacial score (nSPS) is 10.5. The van der Waals surface area contributed by atoms with Gasteiger partial charge in [0.15, 0.2) is 0 Å². The Morgan fingerprint density at radius 2 is 0.456 bits per heavy atom. The van der Waals surface area contributed by atoms with Crippen LogP contribution in [0.4, 0.5) is 45.5 Å². The predicted octanol–water partition coefficient (Wildman–Crippen LogP) is 19.4. The third-order valence-electron chi connectivity index (χ3n) is 13.5. The van der Waals surface area contributed by atoms with Gasteiger partial charge in [0.1, 0.15) is 0 Å². The maximum atomic E-state index is 3.60. The van der Waals surface area contributed by atoms with E-state index in [2.05, 4.69) is 325 Å². The summed E-state index contributed by atoms with van der Waals surface area (Å²) in [6, 6.07) is 110. The van der Waals surface area contributed by atoms with Crippen molar-refractivity contribution in [2.24, 2.45) is 0 Å². The molecule has 0 fully saturated rings. The van der Waals surface area contributed by atoms with Crippen LogP contribution in [0.3, 0.4) is 0 Å². The number of hydrogen-bond donors (Lipinski definition) is 3. The van der Waals surface area contributed by atoms with Crippen molar-refractivity contribution in [2.75, 3.05) is 27.9 Å². The number of rotatable bonds is 13. The third kappa shape index (κ3) is 14.6. The highest BCUT2D eigenvalue weighted by Gasteiger charge is 2.11. The minimum atomic E-state index is 1.03. The molecular formula is C73H62N4P2. The predicted molar refractivity (Wildman–Crippen MR) is 349 cm³/mol. The third-order valence-corrected chi connectivity index (χ3v) is 14.3. The molecule has 12 aromatic carbocycles. The van der Waals surface area contributed by atoms with Crippen LogP contribution in [0.2, 0.25) is 0 Å². The molecule has 0 amide bonds. The Morgan fingerprint density at radius 1 is 0.228 bits per heavy atom. The van der Waals surface area contributed by atoms with Crippen LogP contribution in [-0.4, -0.2) is 7.05 Å². The van der Waals surface area contributed by atoms with Gasteiger partial charge in [-0.15, -0.1) is 18.5 Å². The maximum absolute atomic E-state index is 3.60. The van der Waals surface area contributed by atoms with Crippen molar-refractivity contribution < 1.29 is 0 Å². The quantitative estimate of drug-likeness (QED) is 0.101. The highest BCUT2D eigenvalue weighted by Crippen LogP contribution is 2.35. The Labute approximate surface area is 471 Å². The van der Waals surface area contributed by atoms with Crippen LogP contribution in [0.25, 0.3) is 55.6 Å². The second kappa shape index (κ2) is 26.6. The van der Waals surface area contributed by atoms with E-state index in [1.54, 1.807) is 0 Å². The maximum Gasteiger partial charge on any atom is 0.0647 e.